The molecular formula is C10H22N2. The molecule has 0 saturated carbocycles. The quantitative estimate of drug-likeness (QED) is 0.632. The maximum absolute atomic E-state index is 4.29. The van der Waals surface area contributed by atoms with E-state index < -0.39 is 0 Å². The van der Waals surface area contributed by atoms with Crippen LogP contribution in [0, 0.1) is 5.41 Å². The summed E-state index contributed by atoms with van der Waals surface area (Å²) < 4.78 is 0. The lowest BCUT2D eigenvalue weighted by molar-refractivity contribution is 0.433. The third-order valence-electron chi connectivity index (χ3n) is 1.18. The van der Waals surface area contributed by atoms with Gasteiger partial charge in [-0.1, -0.05) is 20.8 Å². The van der Waals surface area contributed by atoms with Crippen molar-refractivity contribution in [3.05, 3.63) is 0 Å². The molecule has 0 unspecified atom stereocenters. The highest BCUT2D eigenvalue weighted by molar-refractivity contribution is 5.63. The zero-order valence-electron chi connectivity index (χ0n) is 9.23. The van der Waals surface area contributed by atoms with Gasteiger partial charge in [-0.15, -0.1) is 0 Å². The lowest BCUT2D eigenvalue weighted by Crippen LogP contribution is -2.35. The molecule has 12 heavy (non-hydrogen) atoms. The molecule has 1 N–H and O–H groups in total. The van der Waals surface area contributed by atoms with Crippen LogP contribution in [0.4, 0.5) is 0 Å². The fraction of sp³-hybridized carbons (Fsp3) is 0.900. The standard InChI is InChI=1S/C10H22N2/c1-9(2,3)7-11-8-12-10(4,5)6/h7,12H,8H2,1-6H3. The highest BCUT2D eigenvalue weighted by Crippen LogP contribution is 2.08. The molecule has 0 aliphatic heterocycles. The van der Waals surface area contributed by atoms with E-state index in [-0.39, 0.29) is 11.0 Å². The predicted octanol–water partition coefficient (Wildman–Crippen LogP) is 2.45. The SMILES string of the molecule is CC(C)(C)C=NCNC(C)(C)C. The summed E-state index contributed by atoms with van der Waals surface area (Å²) in [5.74, 6) is 0. The molecule has 0 aromatic heterocycles. The monoisotopic (exact) mass is 170 g/mol. The van der Waals surface area contributed by atoms with Crippen molar-refractivity contribution in [2.24, 2.45) is 10.4 Å². The Morgan fingerprint density at radius 2 is 1.58 bits per heavy atom. The predicted molar refractivity (Wildman–Crippen MR) is 55.7 cm³/mol. The average Bonchev–Trinajstić information content (AvgIpc) is 1.76. The van der Waals surface area contributed by atoms with Crippen molar-refractivity contribution in [3.8, 4) is 0 Å². The zero-order valence-corrected chi connectivity index (χ0v) is 9.23. The Balaban J connectivity index is 3.64. The molecule has 0 fully saturated rings. The molecule has 2 heteroatoms. The van der Waals surface area contributed by atoms with Crippen molar-refractivity contribution in [1.82, 2.24) is 5.32 Å². The molecule has 0 saturated heterocycles. The normalized spacial score (nSPS) is 14.2. The van der Waals surface area contributed by atoms with E-state index in [1.807, 2.05) is 6.21 Å². The average molecular weight is 170 g/mol. The Morgan fingerprint density at radius 1 is 1.08 bits per heavy atom. The molecule has 72 valence electrons. The van der Waals surface area contributed by atoms with E-state index in [9.17, 15) is 0 Å². The minimum atomic E-state index is 0.162. The summed E-state index contributed by atoms with van der Waals surface area (Å²) in [6.07, 6.45) is 1.99. The molecular weight excluding hydrogens is 148 g/mol. The second-order valence-electron chi connectivity index (χ2n) is 5.26. The summed E-state index contributed by atoms with van der Waals surface area (Å²) in [4.78, 5) is 4.29. The van der Waals surface area contributed by atoms with Crippen molar-refractivity contribution < 1.29 is 0 Å². The first kappa shape index (κ1) is 11.6. The van der Waals surface area contributed by atoms with Gasteiger partial charge in [0.05, 0.1) is 6.67 Å². The molecule has 0 aliphatic carbocycles. The van der Waals surface area contributed by atoms with Crippen LogP contribution in [0.1, 0.15) is 41.5 Å². The van der Waals surface area contributed by atoms with Crippen LogP contribution in [0.2, 0.25) is 0 Å². The molecule has 0 aliphatic rings. The summed E-state index contributed by atoms with van der Waals surface area (Å²) in [5.41, 5.74) is 0.356. The lowest BCUT2D eigenvalue weighted by Gasteiger charge is -2.19. The first-order valence-electron chi connectivity index (χ1n) is 4.47. The number of nitrogens with zero attached hydrogens (tertiary/aromatic N) is 1. The Bertz CT molecular complexity index is 146. The van der Waals surface area contributed by atoms with Crippen LogP contribution < -0.4 is 5.32 Å². The van der Waals surface area contributed by atoms with Gasteiger partial charge < -0.3 is 0 Å². The maximum atomic E-state index is 4.29. The van der Waals surface area contributed by atoms with Gasteiger partial charge in [-0.2, -0.15) is 0 Å². The van der Waals surface area contributed by atoms with E-state index in [0.29, 0.717) is 6.67 Å². The summed E-state index contributed by atoms with van der Waals surface area (Å²) in [6.45, 7) is 13.6. The highest BCUT2D eigenvalue weighted by Gasteiger charge is 2.07. The minimum absolute atomic E-state index is 0.162. The minimum Gasteiger partial charge on any atom is -0.294 e. The van der Waals surface area contributed by atoms with E-state index in [0.717, 1.165) is 0 Å². The van der Waals surface area contributed by atoms with Crippen LogP contribution in [0.3, 0.4) is 0 Å². The van der Waals surface area contributed by atoms with Crippen LogP contribution in [0.15, 0.2) is 4.99 Å². The van der Waals surface area contributed by atoms with E-state index in [1.165, 1.54) is 0 Å². The second kappa shape index (κ2) is 4.04. The molecule has 0 rings (SSSR count). The van der Waals surface area contributed by atoms with Gasteiger partial charge in [0.25, 0.3) is 0 Å². The van der Waals surface area contributed by atoms with Crippen LogP contribution in [-0.2, 0) is 0 Å². The van der Waals surface area contributed by atoms with Gasteiger partial charge in [0.2, 0.25) is 0 Å². The van der Waals surface area contributed by atoms with Gasteiger partial charge in [-0.25, -0.2) is 0 Å². The Morgan fingerprint density at radius 3 is 1.92 bits per heavy atom. The largest absolute Gasteiger partial charge is 0.294 e. The molecule has 0 atom stereocenters. The van der Waals surface area contributed by atoms with Gasteiger partial charge in [-0.3, -0.25) is 10.3 Å². The number of hydrogen-bond donors (Lipinski definition) is 1. The van der Waals surface area contributed by atoms with Crippen molar-refractivity contribution in [2.75, 3.05) is 6.67 Å². The van der Waals surface area contributed by atoms with Crippen LogP contribution >= 0.6 is 0 Å². The van der Waals surface area contributed by atoms with Crippen LogP contribution in [0.5, 0.6) is 0 Å². The van der Waals surface area contributed by atoms with E-state index in [4.69, 9.17) is 0 Å². The van der Waals surface area contributed by atoms with Gasteiger partial charge in [0.1, 0.15) is 0 Å². The van der Waals surface area contributed by atoms with E-state index >= 15 is 0 Å². The number of aliphatic imine (C=N–C) groups is 1. The van der Waals surface area contributed by atoms with E-state index in [2.05, 4.69) is 51.9 Å². The molecule has 0 heterocycles. The molecule has 0 aromatic carbocycles. The summed E-state index contributed by atoms with van der Waals surface area (Å²) in [7, 11) is 0. The first-order valence-corrected chi connectivity index (χ1v) is 4.47. The van der Waals surface area contributed by atoms with Crippen LogP contribution in [-0.4, -0.2) is 18.4 Å². The van der Waals surface area contributed by atoms with Crippen molar-refractivity contribution in [1.29, 1.82) is 0 Å². The fourth-order valence-electron chi connectivity index (χ4n) is 0.602. The van der Waals surface area contributed by atoms with Gasteiger partial charge in [0, 0.05) is 11.8 Å². The third kappa shape index (κ3) is 9.63. The van der Waals surface area contributed by atoms with Crippen molar-refractivity contribution in [2.45, 2.75) is 47.1 Å². The summed E-state index contributed by atoms with van der Waals surface area (Å²) in [5, 5.41) is 3.30. The number of nitrogens with one attached hydrogen (secondary N) is 1. The Kier molecular flexibility index (Phi) is 3.91. The fourth-order valence-corrected chi connectivity index (χ4v) is 0.602. The first-order chi connectivity index (χ1) is 5.21. The summed E-state index contributed by atoms with van der Waals surface area (Å²) >= 11 is 0. The van der Waals surface area contributed by atoms with Gasteiger partial charge in [0.15, 0.2) is 0 Å². The Labute approximate surface area is 76.5 Å². The van der Waals surface area contributed by atoms with Crippen molar-refractivity contribution >= 4 is 6.21 Å². The van der Waals surface area contributed by atoms with E-state index in [1.54, 1.807) is 0 Å². The van der Waals surface area contributed by atoms with Gasteiger partial charge in [-0.05, 0) is 26.2 Å². The van der Waals surface area contributed by atoms with Crippen LogP contribution in [0.25, 0.3) is 0 Å². The molecule has 0 aromatic rings. The molecule has 0 bridgehead atoms. The topological polar surface area (TPSA) is 24.4 Å². The Hall–Kier alpha value is -0.370. The second-order valence-corrected chi connectivity index (χ2v) is 5.26. The van der Waals surface area contributed by atoms with Crippen molar-refractivity contribution in [3.63, 3.8) is 0 Å². The highest BCUT2D eigenvalue weighted by atomic mass is 15.0. The third-order valence-corrected chi connectivity index (χ3v) is 1.18. The molecule has 0 spiro atoms. The molecule has 0 radical (unpaired) electrons. The van der Waals surface area contributed by atoms with Gasteiger partial charge >= 0.3 is 0 Å². The number of rotatable bonds is 2. The lowest BCUT2D eigenvalue weighted by atomic mass is 9.99. The smallest absolute Gasteiger partial charge is 0.0884 e. The molecule has 0 amide bonds. The maximum Gasteiger partial charge on any atom is 0.0884 e. The number of hydrogen-bond acceptors (Lipinski definition) is 2. The zero-order chi connectivity index (χ0) is 9.83. The summed E-state index contributed by atoms with van der Waals surface area (Å²) in [6, 6.07) is 0. The molecule has 2 nitrogen and oxygen atoms in total.